The summed E-state index contributed by atoms with van der Waals surface area (Å²) in [5.74, 6) is 0.888. The first-order valence-electron chi connectivity index (χ1n) is 7.03. The fraction of sp³-hybridized carbons (Fsp3) is 0.625. The van der Waals surface area contributed by atoms with E-state index < -0.39 is 0 Å². The fourth-order valence-corrected chi connectivity index (χ4v) is 2.76. The van der Waals surface area contributed by atoms with Crippen LogP contribution in [0.5, 0.6) is 5.75 Å². The van der Waals surface area contributed by atoms with Crippen molar-refractivity contribution < 1.29 is 4.74 Å². The monoisotopic (exact) mass is 327 g/mol. The molecular formula is C16H26BrNO. The van der Waals surface area contributed by atoms with Gasteiger partial charge in [0, 0.05) is 10.5 Å². The molecule has 108 valence electrons. The molecule has 0 bridgehead atoms. The molecule has 0 saturated carbocycles. The molecule has 1 aromatic rings. The van der Waals surface area contributed by atoms with Crippen molar-refractivity contribution >= 4 is 15.9 Å². The van der Waals surface area contributed by atoms with Gasteiger partial charge in [-0.3, -0.25) is 0 Å². The van der Waals surface area contributed by atoms with Gasteiger partial charge < -0.3 is 10.1 Å². The van der Waals surface area contributed by atoms with Crippen molar-refractivity contribution in [2.75, 3.05) is 13.7 Å². The number of hydrogen-bond donors (Lipinski definition) is 1. The maximum Gasteiger partial charge on any atom is 0.120 e. The first-order valence-corrected chi connectivity index (χ1v) is 7.82. The van der Waals surface area contributed by atoms with Crippen LogP contribution in [0.15, 0.2) is 22.7 Å². The minimum atomic E-state index is 0.215. The van der Waals surface area contributed by atoms with Gasteiger partial charge in [0.15, 0.2) is 0 Å². The normalized spacial score (nSPS) is 13.4. The Hall–Kier alpha value is -0.540. The first-order chi connectivity index (χ1) is 8.96. The highest BCUT2D eigenvalue weighted by Gasteiger charge is 2.30. The van der Waals surface area contributed by atoms with Crippen molar-refractivity contribution in [1.29, 1.82) is 0 Å². The summed E-state index contributed by atoms with van der Waals surface area (Å²) in [6, 6.07) is 6.58. The van der Waals surface area contributed by atoms with Crippen LogP contribution < -0.4 is 10.1 Å². The Kier molecular flexibility index (Phi) is 6.34. The van der Waals surface area contributed by atoms with E-state index in [1.807, 2.05) is 12.1 Å². The summed E-state index contributed by atoms with van der Waals surface area (Å²) < 4.78 is 6.39. The predicted molar refractivity (Wildman–Crippen MR) is 85.8 cm³/mol. The lowest BCUT2D eigenvalue weighted by molar-refractivity contribution is 0.234. The molecular weight excluding hydrogens is 302 g/mol. The number of nitrogens with one attached hydrogen (secondary N) is 1. The minimum absolute atomic E-state index is 0.215. The smallest absolute Gasteiger partial charge is 0.120 e. The highest BCUT2D eigenvalue weighted by molar-refractivity contribution is 9.10. The van der Waals surface area contributed by atoms with Crippen LogP contribution >= 0.6 is 15.9 Å². The number of benzene rings is 1. The van der Waals surface area contributed by atoms with Gasteiger partial charge in [0.05, 0.1) is 7.11 Å². The second-order valence-electron chi connectivity index (χ2n) is 5.62. The SMILES string of the molecule is CCCNC(c1ccc(OC)cc1Br)C(C)(C)CC. The quantitative estimate of drug-likeness (QED) is 0.766. The zero-order valence-electron chi connectivity index (χ0n) is 12.7. The molecule has 2 nitrogen and oxygen atoms in total. The number of methoxy groups -OCH3 is 1. The number of rotatable bonds is 7. The molecule has 0 aliphatic heterocycles. The van der Waals surface area contributed by atoms with Gasteiger partial charge >= 0.3 is 0 Å². The molecule has 0 fully saturated rings. The third-order valence-electron chi connectivity index (χ3n) is 3.81. The molecule has 19 heavy (non-hydrogen) atoms. The van der Waals surface area contributed by atoms with Gasteiger partial charge in [0.1, 0.15) is 5.75 Å². The van der Waals surface area contributed by atoms with Crippen LogP contribution in [0.4, 0.5) is 0 Å². The van der Waals surface area contributed by atoms with Gasteiger partial charge in [-0.25, -0.2) is 0 Å². The largest absolute Gasteiger partial charge is 0.497 e. The minimum Gasteiger partial charge on any atom is -0.497 e. The van der Waals surface area contributed by atoms with Crippen LogP contribution in [0, 0.1) is 5.41 Å². The van der Waals surface area contributed by atoms with E-state index in [0.29, 0.717) is 6.04 Å². The highest BCUT2D eigenvalue weighted by Crippen LogP contribution is 2.40. The van der Waals surface area contributed by atoms with Gasteiger partial charge in [-0.05, 0) is 42.5 Å². The Morgan fingerprint density at radius 3 is 2.47 bits per heavy atom. The number of hydrogen-bond acceptors (Lipinski definition) is 2. The van der Waals surface area contributed by atoms with E-state index in [4.69, 9.17) is 4.74 Å². The highest BCUT2D eigenvalue weighted by atomic mass is 79.9. The van der Waals surface area contributed by atoms with Crippen molar-refractivity contribution in [2.24, 2.45) is 5.41 Å². The van der Waals surface area contributed by atoms with E-state index >= 15 is 0 Å². The van der Waals surface area contributed by atoms with Gasteiger partial charge in [-0.2, -0.15) is 0 Å². The maximum absolute atomic E-state index is 5.27. The summed E-state index contributed by atoms with van der Waals surface area (Å²) in [4.78, 5) is 0. The number of halogens is 1. The van der Waals surface area contributed by atoms with Crippen LogP contribution in [0.3, 0.4) is 0 Å². The van der Waals surface area contributed by atoms with E-state index in [0.717, 1.165) is 29.6 Å². The van der Waals surface area contributed by atoms with Crippen LogP contribution in [0.25, 0.3) is 0 Å². The number of ether oxygens (including phenoxy) is 1. The molecule has 0 aliphatic carbocycles. The van der Waals surface area contributed by atoms with Crippen molar-refractivity contribution in [1.82, 2.24) is 5.32 Å². The second kappa shape index (κ2) is 7.30. The van der Waals surface area contributed by atoms with Gasteiger partial charge in [0.25, 0.3) is 0 Å². The standard InChI is InChI=1S/C16H26BrNO/c1-6-10-18-15(16(3,4)7-2)13-9-8-12(19-5)11-14(13)17/h8-9,11,15,18H,6-7,10H2,1-5H3. The summed E-state index contributed by atoms with van der Waals surface area (Å²) in [7, 11) is 1.70. The van der Waals surface area contributed by atoms with Crippen molar-refractivity contribution in [3.8, 4) is 5.75 Å². The molecule has 0 amide bonds. The second-order valence-corrected chi connectivity index (χ2v) is 6.47. The molecule has 1 atom stereocenters. The lowest BCUT2D eigenvalue weighted by Gasteiger charge is -2.35. The van der Waals surface area contributed by atoms with Crippen LogP contribution in [0.2, 0.25) is 0 Å². The van der Waals surface area contributed by atoms with Gasteiger partial charge in [0.2, 0.25) is 0 Å². The topological polar surface area (TPSA) is 21.3 Å². The molecule has 1 rings (SSSR count). The average molecular weight is 328 g/mol. The molecule has 1 unspecified atom stereocenters. The fourth-order valence-electron chi connectivity index (χ4n) is 2.17. The Morgan fingerprint density at radius 2 is 2.00 bits per heavy atom. The Morgan fingerprint density at radius 1 is 1.32 bits per heavy atom. The molecule has 0 saturated heterocycles. The third kappa shape index (κ3) is 4.22. The summed E-state index contributed by atoms with van der Waals surface area (Å²) in [6.45, 7) is 10.1. The van der Waals surface area contributed by atoms with Crippen LogP contribution in [-0.2, 0) is 0 Å². The lowest BCUT2D eigenvalue weighted by atomic mass is 9.78. The Balaban J connectivity index is 3.10. The summed E-state index contributed by atoms with van der Waals surface area (Å²) in [5.41, 5.74) is 1.52. The van der Waals surface area contributed by atoms with Crippen molar-refractivity contribution in [3.05, 3.63) is 28.2 Å². The zero-order valence-corrected chi connectivity index (χ0v) is 14.3. The van der Waals surface area contributed by atoms with E-state index in [2.05, 4.69) is 55.0 Å². The predicted octanol–water partition coefficient (Wildman–Crippen LogP) is 4.93. The molecule has 0 heterocycles. The van der Waals surface area contributed by atoms with Crippen molar-refractivity contribution in [3.63, 3.8) is 0 Å². The van der Waals surface area contributed by atoms with Crippen molar-refractivity contribution in [2.45, 2.75) is 46.6 Å². The van der Waals surface area contributed by atoms with E-state index in [1.54, 1.807) is 7.11 Å². The zero-order chi connectivity index (χ0) is 14.5. The Labute approximate surface area is 126 Å². The van der Waals surface area contributed by atoms with E-state index in [-0.39, 0.29) is 5.41 Å². The van der Waals surface area contributed by atoms with E-state index in [1.165, 1.54) is 5.56 Å². The molecule has 0 aliphatic rings. The Bertz CT molecular complexity index is 404. The summed E-state index contributed by atoms with van der Waals surface area (Å²) in [5, 5.41) is 3.68. The molecule has 0 radical (unpaired) electrons. The first kappa shape index (κ1) is 16.5. The molecule has 1 aromatic carbocycles. The molecule has 0 spiro atoms. The maximum atomic E-state index is 5.27. The van der Waals surface area contributed by atoms with Gasteiger partial charge in [-0.15, -0.1) is 0 Å². The summed E-state index contributed by atoms with van der Waals surface area (Å²) in [6.07, 6.45) is 2.27. The molecule has 3 heteroatoms. The van der Waals surface area contributed by atoms with Gasteiger partial charge in [-0.1, -0.05) is 49.7 Å². The van der Waals surface area contributed by atoms with Crippen LogP contribution in [0.1, 0.15) is 52.1 Å². The molecule has 1 N–H and O–H groups in total. The lowest BCUT2D eigenvalue weighted by Crippen LogP contribution is -2.34. The van der Waals surface area contributed by atoms with Crippen LogP contribution in [-0.4, -0.2) is 13.7 Å². The van der Waals surface area contributed by atoms with E-state index in [9.17, 15) is 0 Å². The molecule has 0 aromatic heterocycles. The third-order valence-corrected chi connectivity index (χ3v) is 4.50. The average Bonchev–Trinajstić information content (AvgIpc) is 2.40. The summed E-state index contributed by atoms with van der Waals surface area (Å²) >= 11 is 3.68.